The first-order valence-electron chi connectivity index (χ1n) is 9.06. The molecule has 4 rings (SSSR count). The Morgan fingerprint density at radius 2 is 1.74 bits per heavy atom. The Morgan fingerprint density at radius 3 is 2.44 bits per heavy atom. The number of hydrogen-bond donors (Lipinski definition) is 1. The highest BCUT2D eigenvalue weighted by Crippen LogP contribution is 2.26. The number of carbonyl (C=O) groups is 2. The van der Waals surface area contributed by atoms with Crippen molar-refractivity contribution in [1.82, 2.24) is 19.4 Å². The van der Waals surface area contributed by atoms with Crippen LogP contribution in [0.15, 0.2) is 27.6 Å². The van der Waals surface area contributed by atoms with Crippen LogP contribution < -0.4 is 16.6 Å². The first-order chi connectivity index (χ1) is 12.9. The fraction of sp³-hybridized carbons (Fsp3) is 0.421. The topological polar surface area (TPSA) is 103 Å². The van der Waals surface area contributed by atoms with Crippen LogP contribution in [0, 0.1) is 0 Å². The van der Waals surface area contributed by atoms with Crippen molar-refractivity contribution in [3.05, 3.63) is 49.9 Å². The van der Waals surface area contributed by atoms with Crippen LogP contribution in [-0.4, -0.2) is 31.7 Å². The summed E-state index contributed by atoms with van der Waals surface area (Å²) in [4.78, 5) is 54.6. The maximum absolute atomic E-state index is 12.9. The highest BCUT2D eigenvalue weighted by Gasteiger charge is 2.31. The molecule has 2 aliphatic rings. The Bertz CT molecular complexity index is 1130. The van der Waals surface area contributed by atoms with E-state index in [4.69, 9.17) is 0 Å². The van der Waals surface area contributed by atoms with E-state index in [-0.39, 0.29) is 39.7 Å². The first kappa shape index (κ1) is 17.4. The van der Waals surface area contributed by atoms with Gasteiger partial charge in [0.15, 0.2) is 5.78 Å². The molecule has 1 fully saturated rings. The number of allylic oxidation sites excluding steroid dienone is 2. The third kappa shape index (κ3) is 2.63. The second-order valence-electron chi connectivity index (χ2n) is 7.18. The van der Waals surface area contributed by atoms with Gasteiger partial charge < -0.3 is 5.32 Å². The van der Waals surface area contributed by atoms with Gasteiger partial charge in [-0.3, -0.25) is 23.5 Å². The molecule has 1 saturated carbocycles. The molecule has 27 heavy (non-hydrogen) atoms. The molecular formula is C19H20N4O4. The summed E-state index contributed by atoms with van der Waals surface area (Å²) in [7, 11) is 2.81. The molecule has 0 saturated heterocycles. The molecule has 2 heterocycles. The molecule has 140 valence electrons. The number of ketones is 2. The lowest BCUT2D eigenvalue weighted by atomic mass is 9.90. The summed E-state index contributed by atoms with van der Waals surface area (Å²) in [6, 6.07) is 0.172. The number of pyridine rings is 1. The number of hydrogen-bond acceptors (Lipinski definition) is 6. The van der Waals surface area contributed by atoms with Gasteiger partial charge in [-0.05, 0) is 12.8 Å². The van der Waals surface area contributed by atoms with E-state index in [2.05, 4.69) is 10.3 Å². The molecule has 0 amide bonds. The van der Waals surface area contributed by atoms with Crippen LogP contribution in [0.2, 0.25) is 0 Å². The Kier molecular flexibility index (Phi) is 4.05. The van der Waals surface area contributed by atoms with Crippen LogP contribution >= 0.6 is 0 Å². The van der Waals surface area contributed by atoms with Gasteiger partial charge in [-0.15, -0.1) is 0 Å². The standard InChI is InChI=1S/C19H20N4O4/c1-22-17-15(18(26)23(2)19(22)27)14-11(9-20-17)16(25)12(8-13(14)24)21-10-6-4-3-5-7-10/h8-10,21H,3-7H2,1-2H3. The van der Waals surface area contributed by atoms with Crippen LogP contribution in [0.4, 0.5) is 0 Å². The fourth-order valence-corrected chi connectivity index (χ4v) is 3.94. The van der Waals surface area contributed by atoms with Crippen LogP contribution in [0.5, 0.6) is 0 Å². The van der Waals surface area contributed by atoms with Crippen LogP contribution in [-0.2, 0) is 14.1 Å². The van der Waals surface area contributed by atoms with Crippen molar-refractivity contribution in [1.29, 1.82) is 0 Å². The summed E-state index contributed by atoms with van der Waals surface area (Å²) in [5, 5.41) is 3.20. The molecule has 0 aromatic carbocycles. The summed E-state index contributed by atoms with van der Waals surface area (Å²) in [6.45, 7) is 0. The highest BCUT2D eigenvalue weighted by molar-refractivity contribution is 6.27. The van der Waals surface area contributed by atoms with Gasteiger partial charge >= 0.3 is 5.69 Å². The van der Waals surface area contributed by atoms with Crippen LogP contribution in [0.1, 0.15) is 52.8 Å². The molecule has 2 aromatic rings. The fourth-order valence-electron chi connectivity index (χ4n) is 3.94. The number of nitrogens with zero attached hydrogens (tertiary/aromatic N) is 3. The lowest BCUT2D eigenvalue weighted by molar-refractivity contribution is 0.0976. The maximum atomic E-state index is 12.9. The van der Waals surface area contributed by atoms with Gasteiger partial charge in [-0.2, -0.15) is 0 Å². The summed E-state index contributed by atoms with van der Waals surface area (Å²) < 4.78 is 2.12. The van der Waals surface area contributed by atoms with E-state index in [0.717, 1.165) is 30.3 Å². The van der Waals surface area contributed by atoms with Crippen LogP contribution in [0.3, 0.4) is 0 Å². The van der Waals surface area contributed by atoms with Gasteiger partial charge in [0.25, 0.3) is 5.56 Å². The van der Waals surface area contributed by atoms with Gasteiger partial charge in [0.05, 0.1) is 22.2 Å². The summed E-state index contributed by atoms with van der Waals surface area (Å²) in [6.07, 6.45) is 7.86. The normalized spacial score (nSPS) is 17.8. The lowest BCUT2D eigenvalue weighted by Gasteiger charge is -2.26. The van der Waals surface area contributed by atoms with E-state index in [9.17, 15) is 19.2 Å². The third-order valence-electron chi connectivity index (χ3n) is 5.44. The summed E-state index contributed by atoms with van der Waals surface area (Å²) in [5.41, 5.74) is -0.692. The predicted molar refractivity (Wildman–Crippen MR) is 99.0 cm³/mol. The minimum absolute atomic E-state index is 0.00316. The molecule has 8 heteroatoms. The molecule has 2 aromatic heterocycles. The molecule has 0 unspecified atom stereocenters. The Balaban J connectivity index is 1.87. The number of carbonyl (C=O) groups excluding carboxylic acids is 2. The Labute approximate surface area is 154 Å². The number of rotatable bonds is 2. The van der Waals surface area contributed by atoms with Crippen molar-refractivity contribution in [3.63, 3.8) is 0 Å². The SMILES string of the molecule is Cn1c(=O)c2c3c(cnc2n(C)c1=O)C(=O)C(NC1CCCCC1)=CC3=O. The van der Waals surface area contributed by atoms with Crippen molar-refractivity contribution in [2.45, 2.75) is 38.1 Å². The first-order valence-corrected chi connectivity index (χ1v) is 9.06. The average molecular weight is 368 g/mol. The van der Waals surface area contributed by atoms with Gasteiger partial charge in [0, 0.05) is 32.4 Å². The van der Waals surface area contributed by atoms with Gasteiger partial charge in [-0.25, -0.2) is 9.78 Å². The number of nitrogens with one attached hydrogen (secondary N) is 1. The van der Waals surface area contributed by atoms with Crippen molar-refractivity contribution in [3.8, 4) is 0 Å². The molecule has 1 N–H and O–H groups in total. The molecule has 0 radical (unpaired) electrons. The Morgan fingerprint density at radius 1 is 1.04 bits per heavy atom. The van der Waals surface area contributed by atoms with Gasteiger partial charge in [-0.1, -0.05) is 19.3 Å². The van der Waals surface area contributed by atoms with E-state index in [1.54, 1.807) is 0 Å². The molecule has 0 bridgehead atoms. The van der Waals surface area contributed by atoms with Gasteiger partial charge in [0.2, 0.25) is 5.78 Å². The predicted octanol–water partition coefficient (Wildman–Crippen LogP) is 0.817. The number of Topliss-reactive ketones (excluding diaryl/α,β-unsaturated/α-hetero) is 1. The molecule has 0 atom stereocenters. The lowest BCUT2D eigenvalue weighted by Crippen LogP contribution is -2.39. The zero-order chi connectivity index (χ0) is 19.3. The van der Waals surface area contributed by atoms with E-state index in [0.29, 0.717) is 0 Å². The smallest absolute Gasteiger partial charge is 0.332 e. The average Bonchev–Trinajstić information content (AvgIpc) is 2.68. The number of aryl methyl sites for hydroxylation is 1. The van der Waals surface area contributed by atoms with E-state index < -0.39 is 17.0 Å². The molecule has 0 spiro atoms. The van der Waals surface area contributed by atoms with Crippen molar-refractivity contribution in [2.75, 3.05) is 0 Å². The zero-order valence-electron chi connectivity index (χ0n) is 15.2. The van der Waals surface area contributed by atoms with Crippen molar-refractivity contribution >= 4 is 22.6 Å². The van der Waals surface area contributed by atoms with Crippen molar-refractivity contribution < 1.29 is 9.59 Å². The van der Waals surface area contributed by atoms with E-state index in [1.807, 2.05) is 0 Å². The number of aromatic nitrogens is 3. The third-order valence-corrected chi connectivity index (χ3v) is 5.44. The highest BCUT2D eigenvalue weighted by atomic mass is 16.2. The monoisotopic (exact) mass is 368 g/mol. The molecule has 0 aliphatic heterocycles. The minimum Gasteiger partial charge on any atom is -0.379 e. The largest absolute Gasteiger partial charge is 0.379 e. The zero-order valence-corrected chi connectivity index (χ0v) is 15.2. The Hall–Kier alpha value is -3.03. The minimum atomic E-state index is -0.629. The molecule has 2 aliphatic carbocycles. The maximum Gasteiger partial charge on any atom is 0.332 e. The quantitative estimate of drug-likeness (QED) is 0.842. The van der Waals surface area contributed by atoms with Crippen molar-refractivity contribution in [2.24, 2.45) is 14.1 Å². The van der Waals surface area contributed by atoms with E-state index in [1.165, 1.54) is 37.4 Å². The molecular weight excluding hydrogens is 348 g/mol. The van der Waals surface area contributed by atoms with E-state index >= 15 is 0 Å². The second-order valence-corrected chi connectivity index (χ2v) is 7.18. The summed E-state index contributed by atoms with van der Waals surface area (Å²) in [5.74, 6) is -0.772. The summed E-state index contributed by atoms with van der Waals surface area (Å²) >= 11 is 0. The number of fused-ring (bicyclic) bond motifs is 3. The molecule has 8 nitrogen and oxygen atoms in total. The second kappa shape index (κ2) is 6.29. The van der Waals surface area contributed by atoms with Crippen LogP contribution in [0.25, 0.3) is 11.0 Å². The van der Waals surface area contributed by atoms with Gasteiger partial charge in [0.1, 0.15) is 5.65 Å².